The van der Waals surface area contributed by atoms with Crippen molar-refractivity contribution in [2.24, 2.45) is 0 Å². The summed E-state index contributed by atoms with van der Waals surface area (Å²) in [5, 5.41) is 2.94. The molecule has 26 heavy (non-hydrogen) atoms. The normalized spacial score (nSPS) is 16.3. The zero-order chi connectivity index (χ0) is 18.4. The summed E-state index contributed by atoms with van der Waals surface area (Å²) >= 11 is 0. The molecule has 5 heteroatoms. The Morgan fingerprint density at radius 2 is 2.00 bits per heavy atom. The van der Waals surface area contributed by atoms with Crippen LogP contribution in [0.3, 0.4) is 0 Å². The van der Waals surface area contributed by atoms with Crippen LogP contribution in [0.2, 0.25) is 0 Å². The van der Waals surface area contributed by atoms with Gasteiger partial charge in [0.2, 0.25) is 0 Å². The highest BCUT2D eigenvalue weighted by Gasteiger charge is 2.17. The van der Waals surface area contributed by atoms with Gasteiger partial charge in [-0.3, -0.25) is 4.79 Å². The van der Waals surface area contributed by atoms with Crippen molar-refractivity contribution in [3.63, 3.8) is 0 Å². The van der Waals surface area contributed by atoms with Gasteiger partial charge in [-0.15, -0.1) is 0 Å². The van der Waals surface area contributed by atoms with E-state index in [2.05, 4.69) is 5.32 Å². The lowest BCUT2D eigenvalue weighted by atomic mass is 10.1. The third-order valence-corrected chi connectivity index (χ3v) is 4.26. The van der Waals surface area contributed by atoms with Gasteiger partial charge in [0.05, 0.1) is 18.4 Å². The molecule has 0 radical (unpaired) electrons. The van der Waals surface area contributed by atoms with Gasteiger partial charge < -0.3 is 19.5 Å². The first-order valence-electron chi connectivity index (χ1n) is 9.05. The summed E-state index contributed by atoms with van der Waals surface area (Å²) in [5.74, 6) is 1.23. The van der Waals surface area contributed by atoms with Crippen molar-refractivity contribution in [3.8, 4) is 11.5 Å². The van der Waals surface area contributed by atoms with Crippen molar-refractivity contribution < 1.29 is 19.0 Å². The molecule has 1 amide bonds. The second-order valence-electron chi connectivity index (χ2n) is 6.36. The number of hydrogen-bond acceptors (Lipinski definition) is 4. The van der Waals surface area contributed by atoms with Crippen LogP contribution in [-0.2, 0) is 4.74 Å². The minimum Gasteiger partial charge on any atom is -0.494 e. The van der Waals surface area contributed by atoms with E-state index >= 15 is 0 Å². The molecule has 1 aliphatic heterocycles. The Hall–Kier alpha value is -2.53. The van der Waals surface area contributed by atoms with Crippen molar-refractivity contribution in [3.05, 3.63) is 53.6 Å². The molecule has 2 aromatic carbocycles. The van der Waals surface area contributed by atoms with Crippen LogP contribution in [0.5, 0.6) is 11.5 Å². The number of rotatable bonds is 7. The third-order valence-electron chi connectivity index (χ3n) is 4.26. The van der Waals surface area contributed by atoms with Crippen molar-refractivity contribution in [1.82, 2.24) is 0 Å². The minimum absolute atomic E-state index is 0.130. The molecule has 1 N–H and O–H groups in total. The Kier molecular flexibility index (Phi) is 6.12. The van der Waals surface area contributed by atoms with Gasteiger partial charge in [0.1, 0.15) is 18.1 Å². The van der Waals surface area contributed by atoms with E-state index < -0.39 is 0 Å². The topological polar surface area (TPSA) is 56.8 Å². The molecule has 0 saturated carbocycles. The van der Waals surface area contributed by atoms with Crippen LogP contribution < -0.4 is 14.8 Å². The molecule has 1 unspecified atom stereocenters. The molecule has 138 valence electrons. The summed E-state index contributed by atoms with van der Waals surface area (Å²) in [6, 6.07) is 12.8. The molecule has 0 spiro atoms. The van der Waals surface area contributed by atoms with Crippen LogP contribution in [0.15, 0.2) is 42.5 Å². The molecule has 1 saturated heterocycles. The van der Waals surface area contributed by atoms with Crippen molar-refractivity contribution in [1.29, 1.82) is 0 Å². The lowest BCUT2D eigenvalue weighted by Crippen LogP contribution is -2.18. The number of nitrogens with one attached hydrogen (secondary N) is 1. The Morgan fingerprint density at radius 1 is 1.19 bits per heavy atom. The van der Waals surface area contributed by atoms with Crippen LogP contribution in [0, 0.1) is 6.92 Å². The molecule has 3 rings (SSSR count). The van der Waals surface area contributed by atoms with Gasteiger partial charge in [0.15, 0.2) is 0 Å². The zero-order valence-corrected chi connectivity index (χ0v) is 15.3. The molecular weight excluding hydrogens is 330 g/mol. The summed E-state index contributed by atoms with van der Waals surface area (Å²) in [6.45, 7) is 5.81. The molecule has 5 nitrogen and oxygen atoms in total. The molecule has 0 aromatic heterocycles. The highest BCUT2D eigenvalue weighted by molar-refractivity contribution is 6.05. The first-order chi connectivity index (χ1) is 12.7. The van der Waals surface area contributed by atoms with E-state index in [0.717, 1.165) is 30.8 Å². The average molecular weight is 355 g/mol. The second kappa shape index (κ2) is 8.72. The van der Waals surface area contributed by atoms with Crippen LogP contribution in [-0.4, -0.2) is 31.8 Å². The van der Waals surface area contributed by atoms with Crippen LogP contribution in [0.25, 0.3) is 0 Å². The summed E-state index contributed by atoms with van der Waals surface area (Å²) in [7, 11) is 0. The van der Waals surface area contributed by atoms with Gasteiger partial charge >= 0.3 is 0 Å². The third kappa shape index (κ3) is 4.76. The van der Waals surface area contributed by atoms with Gasteiger partial charge in [-0.25, -0.2) is 0 Å². The Labute approximate surface area is 154 Å². The number of anilines is 1. The van der Waals surface area contributed by atoms with E-state index in [-0.39, 0.29) is 12.0 Å². The van der Waals surface area contributed by atoms with Crippen LogP contribution in [0.4, 0.5) is 5.69 Å². The van der Waals surface area contributed by atoms with Crippen molar-refractivity contribution >= 4 is 11.6 Å². The molecule has 2 aromatic rings. The summed E-state index contributed by atoms with van der Waals surface area (Å²) in [6.07, 6.45) is 2.22. The van der Waals surface area contributed by atoms with Gasteiger partial charge in [0.25, 0.3) is 5.91 Å². The van der Waals surface area contributed by atoms with Gasteiger partial charge in [-0.2, -0.15) is 0 Å². The fourth-order valence-corrected chi connectivity index (χ4v) is 2.87. The lowest BCUT2D eigenvalue weighted by Gasteiger charge is -2.16. The molecule has 1 atom stereocenters. The maximum Gasteiger partial charge on any atom is 0.255 e. The van der Waals surface area contributed by atoms with Crippen molar-refractivity contribution in [2.75, 3.05) is 25.1 Å². The lowest BCUT2D eigenvalue weighted by molar-refractivity contribution is 0.0681. The largest absolute Gasteiger partial charge is 0.494 e. The fourth-order valence-electron chi connectivity index (χ4n) is 2.87. The highest BCUT2D eigenvalue weighted by atomic mass is 16.5. The van der Waals surface area contributed by atoms with Crippen LogP contribution >= 0.6 is 0 Å². The first-order valence-corrected chi connectivity index (χ1v) is 9.05. The fraction of sp³-hybridized carbons (Fsp3) is 0.381. The van der Waals surface area contributed by atoms with E-state index in [4.69, 9.17) is 14.2 Å². The van der Waals surface area contributed by atoms with Gasteiger partial charge in [-0.1, -0.05) is 6.07 Å². The average Bonchev–Trinajstić information content (AvgIpc) is 3.16. The predicted octanol–water partition coefficient (Wildman–Crippen LogP) is 4.20. The standard InChI is InChI=1S/C21H25NO4/c1-3-24-17-9-7-16(8-10-17)21(23)22-19-11-6-15(2)13-20(19)26-14-18-5-4-12-25-18/h6-11,13,18H,3-5,12,14H2,1-2H3,(H,22,23). The number of benzene rings is 2. The molecule has 1 aliphatic rings. The monoisotopic (exact) mass is 355 g/mol. The summed E-state index contributed by atoms with van der Waals surface area (Å²) in [5.41, 5.74) is 2.30. The molecule has 0 bridgehead atoms. The summed E-state index contributed by atoms with van der Waals surface area (Å²) < 4.78 is 16.9. The van der Waals surface area contributed by atoms with E-state index in [0.29, 0.717) is 30.2 Å². The Balaban J connectivity index is 1.68. The Bertz CT molecular complexity index is 736. The maximum absolute atomic E-state index is 12.5. The first kappa shape index (κ1) is 18.3. The zero-order valence-electron chi connectivity index (χ0n) is 15.3. The maximum atomic E-state index is 12.5. The van der Waals surface area contributed by atoms with Gasteiger partial charge in [0, 0.05) is 12.2 Å². The number of carbonyl (C=O) groups is 1. The predicted molar refractivity (Wildman–Crippen MR) is 101 cm³/mol. The van der Waals surface area contributed by atoms with E-state index in [1.807, 2.05) is 32.0 Å². The number of carbonyl (C=O) groups excluding carboxylic acids is 1. The molecule has 0 aliphatic carbocycles. The van der Waals surface area contributed by atoms with Crippen molar-refractivity contribution in [2.45, 2.75) is 32.8 Å². The van der Waals surface area contributed by atoms with Crippen LogP contribution in [0.1, 0.15) is 35.7 Å². The molecular formula is C21H25NO4. The highest BCUT2D eigenvalue weighted by Crippen LogP contribution is 2.27. The Morgan fingerprint density at radius 3 is 2.69 bits per heavy atom. The SMILES string of the molecule is CCOc1ccc(C(=O)Nc2ccc(C)cc2OCC2CCCO2)cc1. The number of aryl methyl sites for hydroxylation is 1. The number of amides is 1. The number of ether oxygens (including phenoxy) is 3. The second-order valence-corrected chi connectivity index (χ2v) is 6.36. The molecule has 1 fully saturated rings. The van der Waals surface area contributed by atoms with E-state index in [1.165, 1.54) is 0 Å². The van der Waals surface area contributed by atoms with E-state index in [9.17, 15) is 4.79 Å². The smallest absolute Gasteiger partial charge is 0.255 e. The molecule has 1 heterocycles. The quantitative estimate of drug-likeness (QED) is 0.808. The minimum atomic E-state index is -0.182. The van der Waals surface area contributed by atoms with E-state index in [1.54, 1.807) is 24.3 Å². The van der Waals surface area contributed by atoms with Gasteiger partial charge in [-0.05, 0) is 68.7 Å². The summed E-state index contributed by atoms with van der Waals surface area (Å²) in [4.78, 5) is 12.5. The number of hydrogen-bond donors (Lipinski definition) is 1.